The summed E-state index contributed by atoms with van der Waals surface area (Å²) in [5.74, 6) is 0.758. The van der Waals surface area contributed by atoms with E-state index < -0.39 is 0 Å². The van der Waals surface area contributed by atoms with Crippen LogP contribution < -0.4 is 4.74 Å². The molecule has 0 saturated carbocycles. The van der Waals surface area contributed by atoms with Crippen LogP contribution in [-0.2, 0) is 9.53 Å². The normalized spacial score (nSPS) is 14.9. The van der Waals surface area contributed by atoms with Crippen LogP contribution in [0.2, 0.25) is 0 Å². The van der Waals surface area contributed by atoms with Crippen molar-refractivity contribution in [2.24, 2.45) is 4.99 Å². The molecule has 0 amide bonds. The standard InChI is InChI=1S/C10H9NO3/c12-10-6-11-9(14-10)7-13-8-4-2-1-3-5-8/h1-5H,6-7H2. The van der Waals surface area contributed by atoms with Crippen molar-refractivity contribution < 1.29 is 14.3 Å². The van der Waals surface area contributed by atoms with Crippen LogP contribution in [0.5, 0.6) is 5.75 Å². The number of carbonyl (C=O) groups excluding carboxylic acids is 1. The quantitative estimate of drug-likeness (QED) is 0.670. The molecule has 0 aromatic heterocycles. The van der Waals surface area contributed by atoms with Crippen LogP contribution in [0.1, 0.15) is 0 Å². The van der Waals surface area contributed by atoms with Crippen molar-refractivity contribution in [2.75, 3.05) is 13.2 Å². The van der Waals surface area contributed by atoms with Crippen molar-refractivity contribution in [3.05, 3.63) is 30.3 Å². The third-order valence-electron chi connectivity index (χ3n) is 1.72. The highest BCUT2D eigenvalue weighted by atomic mass is 16.6. The molecule has 1 aliphatic rings. The number of cyclic esters (lactones) is 1. The van der Waals surface area contributed by atoms with E-state index >= 15 is 0 Å². The maximum atomic E-state index is 10.7. The zero-order chi connectivity index (χ0) is 9.80. The molecule has 0 atom stereocenters. The summed E-state index contributed by atoms with van der Waals surface area (Å²) in [4.78, 5) is 14.5. The SMILES string of the molecule is O=C1CN=C(COc2ccccc2)O1. The summed E-state index contributed by atoms with van der Waals surface area (Å²) in [5, 5.41) is 0. The van der Waals surface area contributed by atoms with Crippen LogP contribution in [0.15, 0.2) is 35.3 Å². The summed E-state index contributed by atoms with van der Waals surface area (Å²) in [5.41, 5.74) is 0. The average Bonchev–Trinajstić information content (AvgIpc) is 2.63. The van der Waals surface area contributed by atoms with Gasteiger partial charge < -0.3 is 9.47 Å². The summed E-state index contributed by atoms with van der Waals surface area (Å²) in [6.07, 6.45) is 0. The number of para-hydroxylation sites is 1. The summed E-state index contributed by atoms with van der Waals surface area (Å²) < 4.78 is 10.1. The van der Waals surface area contributed by atoms with Crippen molar-refractivity contribution in [1.29, 1.82) is 0 Å². The van der Waals surface area contributed by atoms with E-state index in [0.29, 0.717) is 5.90 Å². The van der Waals surface area contributed by atoms with Crippen LogP contribution in [0, 0.1) is 0 Å². The number of esters is 1. The first-order valence-corrected chi connectivity index (χ1v) is 4.26. The summed E-state index contributed by atoms with van der Waals surface area (Å²) in [7, 11) is 0. The van der Waals surface area contributed by atoms with E-state index in [4.69, 9.17) is 9.47 Å². The van der Waals surface area contributed by atoms with Gasteiger partial charge in [-0.25, -0.2) is 9.79 Å². The topological polar surface area (TPSA) is 47.9 Å². The zero-order valence-corrected chi connectivity index (χ0v) is 7.47. The highest BCUT2D eigenvalue weighted by Crippen LogP contribution is 2.08. The van der Waals surface area contributed by atoms with Crippen molar-refractivity contribution in [3.8, 4) is 5.75 Å². The molecular formula is C10H9NO3. The number of hydrogen-bond acceptors (Lipinski definition) is 4. The van der Waals surface area contributed by atoms with Crippen molar-refractivity contribution in [2.45, 2.75) is 0 Å². The van der Waals surface area contributed by atoms with Crippen molar-refractivity contribution >= 4 is 11.9 Å². The maximum absolute atomic E-state index is 10.7. The lowest BCUT2D eigenvalue weighted by Gasteiger charge is -2.04. The number of benzene rings is 1. The molecule has 0 saturated heterocycles. The van der Waals surface area contributed by atoms with Gasteiger partial charge in [0.1, 0.15) is 12.3 Å². The predicted octanol–water partition coefficient (Wildman–Crippen LogP) is 1.02. The van der Waals surface area contributed by atoms with Gasteiger partial charge in [-0.2, -0.15) is 0 Å². The second-order valence-electron chi connectivity index (χ2n) is 2.79. The highest BCUT2D eigenvalue weighted by molar-refractivity contribution is 5.95. The lowest BCUT2D eigenvalue weighted by molar-refractivity contribution is -0.132. The number of carbonyl (C=O) groups is 1. The molecule has 0 radical (unpaired) electrons. The number of ether oxygens (including phenoxy) is 2. The molecule has 4 heteroatoms. The zero-order valence-electron chi connectivity index (χ0n) is 7.47. The minimum absolute atomic E-state index is 0.105. The Morgan fingerprint density at radius 1 is 1.36 bits per heavy atom. The molecule has 0 spiro atoms. The number of nitrogens with zero attached hydrogens (tertiary/aromatic N) is 1. The molecule has 14 heavy (non-hydrogen) atoms. The first-order chi connectivity index (χ1) is 6.84. The first kappa shape index (κ1) is 8.74. The molecule has 1 aliphatic heterocycles. The van der Waals surface area contributed by atoms with E-state index in [2.05, 4.69) is 4.99 Å². The first-order valence-electron chi connectivity index (χ1n) is 4.26. The van der Waals surface area contributed by atoms with E-state index in [9.17, 15) is 4.79 Å². The van der Waals surface area contributed by atoms with Gasteiger partial charge in [-0.05, 0) is 12.1 Å². The second-order valence-corrected chi connectivity index (χ2v) is 2.79. The summed E-state index contributed by atoms with van der Waals surface area (Å²) in [6.45, 7) is 0.309. The van der Waals surface area contributed by atoms with E-state index in [-0.39, 0.29) is 19.1 Å². The Kier molecular flexibility index (Phi) is 2.44. The Morgan fingerprint density at radius 3 is 2.79 bits per heavy atom. The smallest absolute Gasteiger partial charge is 0.334 e. The van der Waals surface area contributed by atoms with Gasteiger partial charge in [0.15, 0.2) is 6.61 Å². The molecule has 0 fully saturated rings. The molecule has 2 rings (SSSR count). The molecule has 1 aromatic carbocycles. The number of aliphatic imine (C=N–C) groups is 1. The predicted molar refractivity (Wildman–Crippen MR) is 50.3 cm³/mol. The van der Waals surface area contributed by atoms with Crippen molar-refractivity contribution in [1.82, 2.24) is 0 Å². The minimum atomic E-state index is -0.323. The Hall–Kier alpha value is -1.84. The highest BCUT2D eigenvalue weighted by Gasteiger charge is 2.15. The van der Waals surface area contributed by atoms with Crippen LogP contribution in [0.4, 0.5) is 0 Å². The van der Waals surface area contributed by atoms with Gasteiger partial charge in [0.25, 0.3) is 0 Å². The maximum Gasteiger partial charge on any atom is 0.334 e. The third-order valence-corrected chi connectivity index (χ3v) is 1.72. The Balaban J connectivity index is 1.86. The van der Waals surface area contributed by atoms with Gasteiger partial charge in [-0.3, -0.25) is 0 Å². The number of hydrogen-bond donors (Lipinski definition) is 0. The van der Waals surface area contributed by atoms with E-state index in [1.54, 1.807) is 0 Å². The molecule has 1 aromatic rings. The van der Waals surface area contributed by atoms with Crippen LogP contribution >= 0.6 is 0 Å². The molecule has 0 aliphatic carbocycles. The molecule has 0 N–H and O–H groups in total. The Morgan fingerprint density at radius 2 is 2.14 bits per heavy atom. The van der Waals surface area contributed by atoms with Crippen LogP contribution in [-0.4, -0.2) is 25.0 Å². The largest absolute Gasteiger partial charge is 0.484 e. The minimum Gasteiger partial charge on any atom is -0.484 e. The van der Waals surface area contributed by atoms with Crippen molar-refractivity contribution in [3.63, 3.8) is 0 Å². The van der Waals surface area contributed by atoms with Gasteiger partial charge >= 0.3 is 5.97 Å². The van der Waals surface area contributed by atoms with E-state index in [0.717, 1.165) is 5.75 Å². The Labute approximate surface area is 81.2 Å². The fourth-order valence-corrected chi connectivity index (χ4v) is 1.09. The molecule has 72 valence electrons. The third kappa shape index (κ3) is 2.10. The van der Waals surface area contributed by atoms with E-state index in [1.807, 2.05) is 30.3 Å². The average molecular weight is 191 g/mol. The molecule has 0 unspecified atom stereocenters. The van der Waals surface area contributed by atoms with Gasteiger partial charge in [0, 0.05) is 0 Å². The monoisotopic (exact) mass is 191 g/mol. The van der Waals surface area contributed by atoms with Gasteiger partial charge in [0.05, 0.1) is 0 Å². The fraction of sp³-hybridized carbons (Fsp3) is 0.200. The second kappa shape index (κ2) is 3.91. The van der Waals surface area contributed by atoms with Gasteiger partial charge in [-0.1, -0.05) is 18.2 Å². The molecule has 0 bridgehead atoms. The van der Waals surface area contributed by atoms with Gasteiger partial charge in [0.2, 0.25) is 5.90 Å². The number of rotatable bonds is 3. The lowest BCUT2D eigenvalue weighted by atomic mass is 10.3. The van der Waals surface area contributed by atoms with E-state index in [1.165, 1.54) is 0 Å². The molecule has 4 nitrogen and oxygen atoms in total. The van der Waals surface area contributed by atoms with Crippen LogP contribution in [0.25, 0.3) is 0 Å². The lowest BCUT2D eigenvalue weighted by Crippen LogP contribution is -2.13. The van der Waals surface area contributed by atoms with Gasteiger partial charge in [-0.15, -0.1) is 0 Å². The fourth-order valence-electron chi connectivity index (χ4n) is 1.09. The van der Waals surface area contributed by atoms with Crippen LogP contribution in [0.3, 0.4) is 0 Å². The Bertz CT molecular complexity index is 359. The summed E-state index contributed by atoms with van der Waals surface area (Å²) >= 11 is 0. The molecular weight excluding hydrogens is 182 g/mol. The summed E-state index contributed by atoms with van der Waals surface area (Å²) in [6, 6.07) is 9.31. The molecule has 1 heterocycles.